The average molecular weight is 345 g/mol. The van der Waals surface area contributed by atoms with E-state index in [1.165, 1.54) is 23.8 Å². The van der Waals surface area contributed by atoms with Gasteiger partial charge in [-0.1, -0.05) is 18.2 Å². The smallest absolute Gasteiger partial charge is 0.151 e. The number of nitrogens with one attached hydrogen (secondary N) is 1. The highest BCUT2D eigenvalue weighted by Gasteiger charge is 2.29. The first-order valence-electron chi connectivity index (χ1n) is 9.49. The van der Waals surface area contributed by atoms with Crippen LogP contribution in [0.1, 0.15) is 30.0 Å². The third kappa shape index (κ3) is 3.15. The average Bonchev–Trinajstić information content (AvgIpc) is 3.49. The lowest BCUT2D eigenvalue weighted by molar-refractivity contribution is 0.381. The van der Waals surface area contributed by atoms with E-state index in [1.807, 2.05) is 12.3 Å². The molecule has 0 radical (unpaired) electrons. The maximum absolute atomic E-state index is 4.43. The summed E-state index contributed by atoms with van der Waals surface area (Å²) in [4.78, 5) is 6.75. The molecule has 3 aromatic rings. The Hall–Kier alpha value is -2.53. The molecule has 1 aliphatic heterocycles. The van der Waals surface area contributed by atoms with Crippen molar-refractivity contribution in [3.8, 4) is 0 Å². The Kier molecular flexibility index (Phi) is 4.02. The molecule has 1 aromatic carbocycles. The fourth-order valence-corrected chi connectivity index (χ4v) is 3.71. The standard InChI is InChI=1S/C21H23N5/c1-2-4-20-18(3-1)17(9-10-23-20)12-22-11-15-13-26(14-15)21-8-7-19(24-25-21)16-5-6-16/h1-4,7-10,15-16,22H,5-6,11-14H2. The summed E-state index contributed by atoms with van der Waals surface area (Å²) in [5.41, 5.74) is 3.54. The van der Waals surface area contributed by atoms with Gasteiger partial charge in [0.1, 0.15) is 0 Å². The number of hydrogen-bond donors (Lipinski definition) is 1. The van der Waals surface area contributed by atoms with E-state index in [1.54, 1.807) is 0 Å². The summed E-state index contributed by atoms with van der Waals surface area (Å²) < 4.78 is 0. The number of fused-ring (bicyclic) bond motifs is 1. The first kappa shape index (κ1) is 15.7. The number of aromatic nitrogens is 3. The molecule has 1 saturated carbocycles. The number of rotatable bonds is 6. The third-order valence-corrected chi connectivity index (χ3v) is 5.44. The zero-order chi connectivity index (χ0) is 17.3. The highest BCUT2D eigenvalue weighted by molar-refractivity contribution is 5.81. The zero-order valence-electron chi connectivity index (χ0n) is 14.8. The quantitative estimate of drug-likeness (QED) is 0.744. The Balaban J connectivity index is 1.12. The molecule has 5 rings (SSSR count). The molecule has 5 heteroatoms. The van der Waals surface area contributed by atoms with Crippen LogP contribution in [0.5, 0.6) is 0 Å². The normalized spacial score (nSPS) is 17.5. The summed E-state index contributed by atoms with van der Waals surface area (Å²) in [5, 5.41) is 13.6. The van der Waals surface area contributed by atoms with Gasteiger partial charge >= 0.3 is 0 Å². The van der Waals surface area contributed by atoms with Crippen molar-refractivity contribution in [3.05, 3.63) is 59.9 Å². The predicted molar refractivity (Wildman–Crippen MR) is 103 cm³/mol. The minimum atomic E-state index is 0.674. The second kappa shape index (κ2) is 6.65. The summed E-state index contributed by atoms with van der Waals surface area (Å²) >= 11 is 0. The summed E-state index contributed by atoms with van der Waals surface area (Å²) in [5.74, 6) is 2.37. The highest BCUT2D eigenvalue weighted by atomic mass is 15.3. The van der Waals surface area contributed by atoms with Crippen LogP contribution < -0.4 is 10.2 Å². The Labute approximate surface area is 153 Å². The molecule has 26 heavy (non-hydrogen) atoms. The van der Waals surface area contributed by atoms with Crippen molar-refractivity contribution in [3.63, 3.8) is 0 Å². The molecule has 0 amide bonds. The molecule has 1 saturated heterocycles. The third-order valence-electron chi connectivity index (χ3n) is 5.44. The van der Waals surface area contributed by atoms with E-state index in [0.29, 0.717) is 11.8 Å². The van der Waals surface area contributed by atoms with E-state index in [9.17, 15) is 0 Å². The van der Waals surface area contributed by atoms with Crippen LogP contribution in [0.15, 0.2) is 48.7 Å². The van der Waals surface area contributed by atoms with Crippen molar-refractivity contribution in [1.29, 1.82) is 0 Å². The maximum atomic E-state index is 4.43. The molecular weight excluding hydrogens is 322 g/mol. The predicted octanol–water partition coefficient (Wildman–Crippen LogP) is 3.13. The van der Waals surface area contributed by atoms with Gasteiger partial charge in [-0.2, -0.15) is 5.10 Å². The topological polar surface area (TPSA) is 53.9 Å². The number of hydrogen-bond acceptors (Lipinski definition) is 5. The maximum Gasteiger partial charge on any atom is 0.151 e. The minimum absolute atomic E-state index is 0.674. The van der Waals surface area contributed by atoms with Gasteiger partial charge in [-0.25, -0.2) is 0 Å². The first-order chi connectivity index (χ1) is 12.9. The van der Waals surface area contributed by atoms with Crippen LogP contribution in [-0.4, -0.2) is 34.8 Å². The van der Waals surface area contributed by atoms with E-state index in [4.69, 9.17) is 0 Å². The van der Waals surface area contributed by atoms with Crippen molar-refractivity contribution in [2.45, 2.75) is 25.3 Å². The lowest BCUT2D eigenvalue weighted by atomic mass is 10.00. The van der Waals surface area contributed by atoms with Gasteiger partial charge in [0, 0.05) is 49.6 Å². The van der Waals surface area contributed by atoms with E-state index in [2.05, 4.69) is 61.8 Å². The second-order valence-corrected chi connectivity index (χ2v) is 7.48. The van der Waals surface area contributed by atoms with Crippen LogP contribution in [0, 0.1) is 5.92 Å². The van der Waals surface area contributed by atoms with E-state index < -0.39 is 0 Å². The molecule has 1 N–H and O–H groups in total. The zero-order valence-corrected chi connectivity index (χ0v) is 14.8. The van der Waals surface area contributed by atoms with Crippen LogP contribution >= 0.6 is 0 Å². The second-order valence-electron chi connectivity index (χ2n) is 7.48. The Morgan fingerprint density at radius 2 is 1.88 bits per heavy atom. The van der Waals surface area contributed by atoms with Crippen LogP contribution in [0.2, 0.25) is 0 Å². The Morgan fingerprint density at radius 1 is 1.00 bits per heavy atom. The minimum Gasteiger partial charge on any atom is -0.354 e. The van der Waals surface area contributed by atoms with Crippen molar-refractivity contribution in [1.82, 2.24) is 20.5 Å². The summed E-state index contributed by atoms with van der Waals surface area (Å²) in [6.45, 7) is 4.03. The number of benzene rings is 1. The van der Waals surface area contributed by atoms with E-state index >= 15 is 0 Å². The molecule has 2 aliphatic rings. The summed E-state index contributed by atoms with van der Waals surface area (Å²) in [7, 11) is 0. The Bertz CT molecular complexity index is 892. The number of anilines is 1. The molecule has 0 unspecified atom stereocenters. The van der Waals surface area contributed by atoms with E-state index in [0.717, 1.165) is 43.2 Å². The lowest BCUT2D eigenvalue weighted by Gasteiger charge is -2.40. The van der Waals surface area contributed by atoms with Crippen molar-refractivity contribution < 1.29 is 0 Å². The van der Waals surface area contributed by atoms with Gasteiger partial charge in [-0.15, -0.1) is 5.10 Å². The van der Waals surface area contributed by atoms with Gasteiger partial charge in [0.05, 0.1) is 11.2 Å². The molecular formula is C21H23N5. The van der Waals surface area contributed by atoms with Gasteiger partial charge in [0.25, 0.3) is 0 Å². The molecule has 3 heterocycles. The molecule has 5 nitrogen and oxygen atoms in total. The summed E-state index contributed by atoms with van der Waals surface area (Å²) in [6.07, 6.45) is 4.45. The largest absolute Gasteiger partial charge is 0.354 e. The van der Waals surface area contributed by atoms with Gasteiger partial charge in [0.2, 0.25) is 0 Å². The lowest BCUT2D eigenvalue weighted by Crippen LogP contribution is -2.51. The fourth-order valence-electron chi connectivity index (χ4n) is 3.71. The monoisotopic (exact) mass is 345 g/mol. The first-order valence-corrected chi connectivity index (χ1v) is 9.49. The number of pyridine rings is 1. The van der Waals surface area contributed by atoms with Crippen molar-refractivity contribution >= 4 is 16.7 Å². The SMILES string of the molecule is c1ccc2c(CNCC3CN(c4ccc(C5CC5)nn4)C3)ccnc2c1. The van der Waals surface area contributed by atoms with Crippen LogP contribution in [0.4, 0.5) is 5.82 Å². The molecule has 0 bridgehead atoms. The fraction of sp³-hybridized carbons (Fsp3) is 0.381. The van der Waals surface area contributed by atoms with Gasteiger partial charge < -0.3 is 10.2 Å². The van der Waals surface area contributed by atoms with Crippen molar-refractivity contribution in [2.24, 2.45) is 5.92 Å². The molecule has 1 aliphatic carbocycles. The van der Waals surface area contributed by atoms with Crippen molar-refractivity contribution in [2.75, 3.05) is 24.5 Å². The molecule has 0 atom stereocenters. The van der Waals surface area contributed by atoms with E-state index in [-0.39, 0.29) is 0 Å². The summed E-state index contributed by atoms with van der Waals surface area (Å²) in [6, 6.07) is 14.7. The number of para-hydroxylation sites is 1. The Morgan fingerprint density at radius 3 is 2.69 bits per heavy atom. The molecule has 132 valence electrons. The molecule has 2 aromatic heterocycles. The highest BCUT2D eigenvalue weighted by Crippen LogP contribution is 2.38. The molecule has 0 spiro atoms. The molecule has 2 fully saturated rings. The van der Waals surface area contributed by atoms with Crippen LogP contribution in [0.25, 0.3) is 10.9 Å². The van der Waals surface area contributed by atoms with Crippen LogP contribution in [0.3, 0.4) is 0 Å². The van der Waals surface area contributed by atoms with Gasteiger partial charge in [-0.05, 0) is 42.7 Å². The van der Waals surface area contributed by atoms with Gasteiger partial charge in [0.15, 0.2) is 5.82 Å². The number of nitrogens with zero attached hydrogens (tertiary/aromatic N) is 4. The van der Waals surface area contributed by atoms with Gasteiger partial charge in [-0.3, -0.25) is 4.98 Å². The van der Waals surface area contributed by atoms with Crippen LogP contribution in [-0.2, 0) is 6.54 Å².